The van der Waals surface area contributed by atoms with Crippen molar-refractivity contribution in [2.45, 2.75) is 56.0 Å². The Hall–Kier alpha value is -2.60. The average molecular weight is 438 g/mol. The second-order valence-electron chi connectivity index (χ2n) is 9.37. The number of anilines is 1. The van der Waals surface area contributed by atoms with Gasteiger partial charge in [0, 0.05) is 24.8 Å². The molecule has 1 saturated carbocycles. The minimum atomic E-state index is -0.529. The summed E-state index contributed by atoms with van der Waals surface area (Å²) >= 11 is 0. The minimum Gasteiger partial charge on any atom is -0.497 e. The molecule has 2 aliphatic heterocycles. The molecule has 1 aliphatic carbocycles. The molecule has 2 unspecified atom stereocenters. The molecule has 2 atom stereocenters. The lowest BCUT2D eigenvalue weighted by Crippen LogP contribution is -2.58. The first kappa shape index (κ1) is 21.3. The van der Waals surface area contributed by atoms with Crippen molar-refractivity contribution in [2.24, 2.45) is 0 Å². The van der Waals surface area contributed by atoms with Crippen molar-refractivity contribution in [1.29, 1.82) is 0 Å². The van der Waals surface area contributed by atoms with E-state index < -0.39 is 5.54 Å². The third kappa shape index (κ3) is 3.75. The number of carbonyl (C=O) groups excluding carboxylic acids is 1. The number of hydrogen-bond donors (Lipinski definition) is 1. The first-order valence-electron chi connectivity index (χ1n) is 11.8. The van der Waals surface area contributed by atoms with Crippen molar-refractivity contribution in [1.82, 2.24) is 10.2 Å². The third-order valence-electron chi connectivity index (χ3n) is 7.84. The molecular weight excluding hydrogens is 405 g/mol. The fourth-order valence-corrected chi connectivity index (χ4v) is 6.06. The van der Waals surface area contributed by atoms with Crippen molar-refractivity contribution in [3.05, 3.63) is 59.9 Å². The predicted molar refractivity (Wildman–Crippen MR) is 123 cm³/mol. The van der Waals surface area contributed by atoms with Gasteiger partial charge in [0.2, 0.25) is 5.91 Å². The first-order chi connectivity index (χ1) is 15.6. The molecule has 5 nitrogen and oxygen atoms in total. The average Bonchev–Trinajstić information content (AvgIpc) is 3.15. The number of nitrogens with one attached hydrogen (secondary N) is 1. The van der Waals surface area contributed by atoms with Crippen LogP contribution in [-0.2, 0) is 4.79 Å². The van der Waals surface area contributed by atoms with E-state index >= 15 is 0 Å². The Morgan fingerprint density at radius 3 is 2.38 bits per heavy atom. The second-order valence-corrected chi connectivity index (χ2v) is 9.37. The molecule has 1 N–H and O–H groups in total. The number of piperidine rings is 1. The lowest BCUT2D eigenvalue weighted by Gasteiger charge is -2.48. The van der Waals surface area contributed by atoms with E-state index in [2.05, 4.69) is 39.4 Å². The van der Waals surface area contributed by atoms with E-state index in [0.29, 0.717) is 18.6 Å². The van der Waals surface area contributed by atoms with E-state index in [-0.39, 0.29) is 11.7 Å². The van der Waals surface area contributed by atoms with E-state index in [1.54, 1.807) is 19.2 Å². The van der Waals surface area contributed by atoms with Crippen molar-refractivity contribution < 1.29 is 13.9 Å². The molecule has 2 saturated heterocycles. The Morgan fingerprint density at radius 2 is 1.69 bits per heavy atom. The Bertz CT molecular complexity index is 939. The van der Waals surface area contributed by atoms with Crippen LogP contribution in [0.4, 0.5) is 10.1 Å². The van der Waals surface area contributed by atoms with Gasteiger partial charge in [-0.05, 0) is 73.6 Å². The number of carbonyl (C=O) groups is 1. The number of rotatable bonds is 4. The summed E-state index contributed by atoms with van der Waals surface area (Å²) in [5.74, 6) is 1.28. The largest absolute Gasteiger partial charge is 0.497 e. The molecule has 0 radical (unpaired) electrons. The predicted octanol–water partition coefficient (Wildman–Crippen LogP) is 4.29. The summed E-state index contributed by atoms with van der Waals surface area (Å²) in [5.41, 5.74) is 1.77. The first-order valence-corrected chi connectivity index (χ1v) is 11.8. The van der Waals surface area contributed by atoms with Gasteiger partial charge in [0.1, 0.15) is 17.1 Å². The van der Waals surface area contributed by atoms with Crippen LogP contribution in [0.15, 0.2) is 48.5 Å². The van der Waals surface area contributed by atoms with Crippen LogP contribution in [0.25, 0.3) is 0 Å². The van der Waals surface area contributed by atoms with Crippen molar-refractivity contribution in [2.75, 3.05) is 31.8 Å². The molecule has 0 bridgehead atoms. The second kappa shape index (κ2) is 8.74. The summed E-state index contributed by atoms with van der Waals surface area (Å²) in [6.07, 6.45) is 6.54. The fourth-order valence-electron chi connectivity index (χ4n) is 6.06. The molecule has 3 fully saturated rings. The zero-order valence-electron chi connectivity index (χ0n) is 18.7. The number of halogens is 1. The van der Waals surface area contributed by atoms with Gasteiger partial charge >= 0.3 is 0 Å². The molecule has 1 spiro atoms. The van der Waals surface area contributed by atoms with Gasteiger partial charge in [-0.2, -0.15) is 0 Å². The van der Waals surface area contributed by atoms with Gasteiger partial charge in [0.25, 0.3) is 0 Å². The molecule has 2 aromatic rings. The molecular formula is C26H32FN3O2. The van der Waals surface area contributed by atoms with Gasteiger partial charge in [-0.1, -0.05) is 25.0 Å². The highest BCUT2D eigenvalue weighted by Gasteiger charge is 2.51. The molecule has 170 valence electrons. The monoisotopic (exact) mass is 437 g/mol. The Kier molecular flexibility index (Phi) is 5.80. The van der Waals surface area contributed by atoms with Crippen molar-refractivity contribution in [3.8, 4) is 5.75 Å². The lowest BCUT2D eigenvalue weighted by atomic mass is 9.77. The number of ether oxygens (including phenoxy) is 1. The lowest BCUT2D eigenvalue weighted by molar-refractivity contribution is -0.125. The smallest absolute Gasteiger partial charge is 0.247 e. The highest BCUT2D eigenvalue weighted by molar-refractivity contribution is 5.93. The summed E-state index contributed by atoms with van der Waals surface area (Å²) in [5, 5.41) is 3.05. The van der Waals surface area contributed by atoms with E-state index in [9.17, 15) is 9.18 Å². The van der Waals surface area contributed by atoms with Crippen LogP contribution in [0.3, 0.4) is 0 Å². The summed E-state index contributed by atoms with van der Waals surface area (Å²) in [7, 11) is 1.70. The van der Waals surface area contributed by atoms with Crippen molar-refractivity contribution >= 4 is 11.6 Å². The maximum Gasteiger partial charge on any atom is 0.247 e. The minimum absolute atomic E-state index is 0.108. The Morgan fingerprint density at radius 1 is 1.00 bits per heavy atom. The van der Waals surface area contributed by atoms with E-state index in [0.717, 1.165) is 37.4 Å². The number of benzene rings is 2. The molecule has 1 amide bonds. The topological polar surface area (TPSA) is 44.8 Å². The highest BCUT2D eigenvalue weighted by atomic mass is 19.1. The maximum atomic E-state index is 13.4. The summed E-state index contributed by atoms with van der Waals surface area (Å²) in [6.45, 7) is 2.30. The van der Waals surface area contributed by atoms with Crippen LogP contribution in [0.2, 0.25) is 0 Å². The van der Waals surface area contributed by atoms with E-state index in [1.807, 2.05) is 0 Å². The van der Waals surface area contributed by atoms with Gasteiger partial charge in [-0.25, -0.2) is 4.39 Å². The molecule has 3 aliphatic rings. The number of likely N-dealkylation sites (tertiary alicyclic amines) is 1. The van der Waals surface area contributed by atoms with Crippen LogP contribution in [0.5, 0.6) is 5.75 Å². The Labute approximate surface area is 189 Å². The van der Waals surface area contributed by atoms with Crippen molar-refractivity contribution in [3.63, 3.8) is 0 Å². The van der Waals surface area contributed by atoms with Crippen LogP contribution in [0.1, 0.15) is 50.0 Å². The Balaban J connectivity index is 1.33. The van der Waals surface area contributed by atoms with Crippen LogP contribution >= 0.6 is 0 Å². The van der Waals surface area contributed by atoms with Gasteiger partial charge in [-0.3, -0.25) is 9.69 Å². The van der Waals surface area contributed by atoms with Crippen LogP contribution in [-0.4, -0.2) is 49.3 Å². The standard InChI is InChI=1S/C26H32FN3O2/c1-32-22-12-6-19(7-13-22)23-4-2-3-5-24(23)29-16-14-26(15-17-29)25(31)28-18-30(26)21-10-8-20(27)9-11-21/h6-13,23-24H,2-5,14-18H2,1H3,(H,28,31). The number of methoxy groups -OCH3 is 1. The highest BCUT2D eigenvalue weighted by Crippen LogP contribution is 2.41. The quantitative estimate of drug-likeness (QED) is 0.775. The molecule has 5 rings (SSSR count). The molecule has 32 heavy (non-hydrogen) atoms. The van der Waals surface area contributed by atoms with E-state index in [1.165, 1.54) is 43.4 Å². The number of amides is 1. The molecule has 2 heterocycles. The van der Waals surface area contributed by atoms with Gasteiger partial charge < -0.3 is 15.0 Å². The van der Waals surface area contributed by atoms with Gasteiger partial charge in [0.05, 0.1) is 13.8 Å². The number of nitrogens with zero attached hydrogens (tertiary/aromatic N) is 2. The summed E-state index contributed by atoms with van der Waals surface area (Å²) < 4.78 is 18.8. The summed E-state index contributed by atoms with van der Waals surface area (Å²) in [6, 6.07) is 15.6. The zero-order chi connectivity index (χ0) is 22.1. The van der Waals surface area contributed by atoms with Gasteiger partial charge in [-0.15, -0.1) is 0 Å². The summed E-state index contributed by atoms with van der Waals surface area (Å²) in [4.78, 5) is 17.7. The molecule has 0 aromatic heterocycles. The van der Waals surface area contributed by atoms with Crippen LogP contribution < -0.4 is 15.0 Å². The SMILES string of the molecule is COc1ccc(C2CCCCC2N2CCC3(CC2)C(=O)NCN3c2ccc(F)cc2)cc1. The number of hydrogen-bond acceptors (Lipinski definition) is 4. The fraction of sp³-hybridized carbons (Fsp3) is 0.500. The van der Waals surface area contributed by atoms with E-state index in [4.69, 9.17) is 4.74 Å². The van der Waals surface area contributed by atoms with Crippen LogP contribution in [0, 0.1) is 5.82 Å². The van der Waals surface area contributed by atoms with Gasteiger partial charge in [0.15, 0.2) is 0 Å². The molecule has 2 aromatic carbocycles. The molecule has 6 heteroatoms. The third-order valence-corrected chi connectivity index (χ3v) is 7.84. The normalized spacial score (nSPS) is 25.7. The maximum absolute atomic E-state index is 13.4. The zero-order valence-corrected chi connectivity index (χ0v) is 18.7.